The number of benzene rings is 2. The van der Waals surface area contributed by atoms with Crippen molar-refractivity contribution in [3.05, 3.63) is 84.7 Å². The van der Waals surface area contributed by atoms with Crippen LogP contribution in [0.1, 0.15) is 41.7 Å². The second-order valence-corrected chi connectivity index (χ2v) is 10.3. The van der Waals surface area contributed by atoms with Crippen molar-refractivity contribution >= 4 is 54.4 Å². The third-order valence-corrected chi connectivity index (χ3v) is 7.42. The summed E-state index contributed by atoms with van der Waals surface area (Å²) in [7, 11) is 2.65. The minimum Gasteiger partial charge on any atom is -0.378 e. The molecule has 1 aliphatic rings. The molecule has 39 heavy (non-hydrogen) atoms. The average Bonchev–Trinajstić information content (AvgIpc) is 3.56. The van der Waals surface area contributed by atoms with E-state index in [2.05, 4.69) is 43.3 Å². The zero-order valence-corrected chi connectivity index (χ0v) is 22.9. The lowest BCUT2D eigenvalue weighted by molar-refractivity contribution is -0.125. The van der Waals surface area contributed by atoms with Gasteiger partial charge >= 0.3 is 0 Å². The Balaban J connectivity index is 1.35. The van der Waals surface area contributed by atoms with Crippen LogP contribution < -0.4 is 21.3 Å². The number of aromatic nitrogens is 1. The normalized spacial score (nSPS) is 15.4. The zero-order chi connectivity index (χ0) is 27.9. The smallest absolute Gasteiger partial charge is 0.268 e. The minimum atomic E-state index is -0.714. The van der Waals surface area contributed by atoms with E-state index in [1.165, 1.54) is 0 Å². The van der Waals surface area contributed by atoms with Crippen LogP contribution in [0.5, 0.6) is 0 Å². The molecular weight excluding hydrogens is 511 g/mol. The number of aromatic amines is 1. The van der Waals surface area contributed by atoms with Crippen LogP contribution in [0, 0.1) is 5.92 Å². The maximum absolute atomic E-state index is 13.2. The molecule has 2 aromatic carbocycles. The molecular formula is C30H33N4O4P. The highest BCUT2D eigenvalue weighted by Crippen LogP contribution is 2.20. The lowest BCUT2D eigenvalue weighted by Crippen LogP contribution is -2.41. The fourth-order valence-corrected chi connectivity index (χ4v) is 5.02. The molecule has 1 saturated heterocycles. The first-order valence-electron chi connectivity index (χ1n) is 12.9. The molecule has 2 amide bonds. The maximum Gasteiger partial charge on any atom is 0.268 e. The summed E-state index contributed by atoms with van der Waals surface area (Å²) in [5.74, 6) is -1.10. The summed E-state index contributed by atoms with van der Waals surface area (Å²) in [6.07, 6.45) is 0.936. The Morgan fingerprint density at radius 1 is 1.05 bits per heavy atom. The van der Waals surface area contributed by atoms with E-state index in [4.69, 9.17) is 0 Å². The minimum absolute atomic E-state index is 0.00274. The van der Waals surface area contributed by atoms with Crippen LogP contribution in [0.4, 0.5) is 0 Å². The predicted molar refractivity (Wildman–Crippen MR) is 156 cm³/mol. The lowest BCUT2D eigenvalue weighted by Gasteiger charge is -2.22. The fourth-order valence-electron chi connectivity index (χ4n) is 4.67. The molecule has 4 rings (SSSR count). The molecule has 0 spiro atoms. The fraction of sp³-hybridized carbons (Fsp3) is 0.267. The summed E-state index contributed by atoms with van der Waals surface area (Å²) in [5, 5.41) is 10.6. The highest BCUT2D eigenvalue weighted by atomic mass is 31.0. The number of carbonyl (C=O) groups is 4. The van der Waals surface area contributed by atoms with E-state index in [-0.39, 0.29) is 55.1 Å². The monoisotopic (exact) mass is 544 g/mol. The molecule has 1 fully saturated rings. The number of Topliss-reactive ketones (excluding diaryl/α,β-unsaturated/α-hetero) is 2. The van der Waals surface area contributed by atoms with Gasteiger partial charge in [0, 0.05) is 47.5 Å². The van der Waals surface area contributed by atoms with E-state index in [1.807, 2.05) is 36.4 Å². The first-order chi connectivity index (χ1) is 18.7. The van der Waals surface area contributed by atoms with Crippen LogP contribution in [0.25, 0.3) is 16.5 Å². The van der Waals surface area contributed by atoms with Crippen LogP contribution >= 0.6 is 9.24 Å². The predicted octanol–water partition coefficient (Wildman–Crippen LogP) is 3.03. The van der Waals surface area contributed by atoms with Crippen LogP contribution in [-0.2, 0) is 14.4 Å². The summed E-state index contributed by atoms with van der Waals surface area (Å²) in [4.78, 5) is 54.0. The highest BCUT2D eigenvalue weighted by Gasteiger charge is 2.30. The quantitative estimate of drug-likeness (QED) is 0.195. The molecule has 0 aliphatic carbocycles. The Morgan fingerprint density at radius 2 is 1.82 bits per heavy atom. The number of fused-ring (bicyclic) bond motifs is 1. The topological polar surface area (TPSA) is 120 Å². The van der Waals surface area contributed by atoms with E-state index in [0.29, 0.717) is 29.9 Å². The van der Waals surface area contributed by atoms with Gasteiger partial charge in [-0.1, -0.05) is 55.6 Å². The lowest BCUT2D eigenvalue weighted by atomic mass is 9.92. The van der Waals surface area contributed by atoms with Gasteiger partial charge in [0.15, 0.2) is 11.6 Å². The number of carbonyl (C=O) groups excluding carboxylic acids is 4. The Bertz CT molecular complexity index is 1430. The first kappa shape index (κ1) is 28.0. The van der Waals surface area contributed by atoms with Gasteiger partial charge in [0.2, 0.25) is 5.91 Å². The molecule has 202 valence electrons. The number of hydrogen-bond donors (Lipinski definition) is 4. The number of nitrogens with one attached hydrogen (secondary N) is 4. The van der Waals surface area contributed by atoms with Gasteiger partial charge in [0.05, 0.1) is 12.6 Å². The SMILES string of the molecule is C=C(CNC(=O)c1cc2c(P)cccc2[nH]1)NC(CC1CCNC1=O)C(=O)CCC(=O)C(=C)c1ccccc1. The number of H-pyrrole nitrogens is 1. The highest BCUT2D eigenvalue weighted by molar-refractivity contribution is 7.28. The summed E-state index contributed by atoms with van der Waals surface area (Å²) in [6.45, 7) is 8.53. The van der Waals surface area contributed by atoms with E-state index in [9.17, 15) is 19.2 Å². The molecule has 0 bridgehead atoms. The molecule has 3 aromatic rings. The summed E-state index contributed by atoms with van der Waals surface area (Å²) >= 11 is 0. The van der Waals surface area contributed by atoms with Gasteiger partial charge < -0.3 is 20.9 Å². The number of ketones is 2. The van der Waals surface area contributed by atoms with Gasteiger partial charge in [-0.2, -0.15) is 0 Å². The maximum atomic E-state index is 13.2. The standard InChI is InChI=1S/C30H33N4O4P/c1-18(17-32-30(38)25-16-22-23(34-25)9-6-10-28(22)39)33-24(15-21-13-14-31-29(21)37)27(36)12-11-26(35)19(2)20-7-4-3-5-8-20/h3-10,16,21,24,33-34H,1-2,11-15,17,39H2,(H,31,37)(H,32,38). The van der Waals surface area contributed by atoms with Crippen molar-refractivity contribution < 1.29 is 19.2 Å². The van der Waals surface area contributed by atoms with Crippen molar-refractivity contribution in [1.82, 2.24) is 20.9 Å². The molecule has 3 unspecified atom stereocenters. The van der Waals surface area contributed by atoms with Crippen LogP contribution in [-0.4, -0.2) is 47.5 Å². The Labute approximate surface area is 229 Å². The van der Waals surface area contributed by atoms with Gasteiger partial charge in [-0.05, 0) is 35.8 Å². The summed E-state index contributed by atoms with van der Waals surface area (Å²) < 4.78 is 0. The van der Waals surface area contributed by atoms with E-state index < -0.39 is 6.04 Å². The largest absolute Gasteiger partial charge is 0.378 e. The van der Waals surface area contributed by atoms with Gasteiger partial charge in [-0.3, -0.25) is 19.2 Å². The average molecular weight is 545 g/mol. The third-order valence-electron chi connectivity index (χ3n) is 6.91. The summed E-state index contributed by atoms with van der Waals surface area (Å²) in [5.41, 5.74) is 2.79. The van der Waals surface area contributed by atoms with Crippen molar-refractivity contribution in [3.8, 4) is 0 Å². The van der Waals surface area contributed by atoms with E-state index in [1.54, 1.807) is 18.2 Å². The molecule has 1 aliphatic heterocycles. The molecule has 2 heterocycles. The van der Waals surface area contributed by atoms with Crippen LogP contribution in [0.15, 0.2) is 73.5 Å². The molecule has 9 heteroatoms. The van der Waals surface area contributed by atoms with E-state index in [0.717, 1.165) is 21.8 Å². The summed E-state index contributed by atoms with van der Waals surface area (Å²) in [6, 6.07) is 15.9. The van der Waals surface area contributed by atoms with Gasteiger partial charge in [-0.15, -0.1) is 9.24 Å². The number of hydrogen-bond acceptors (Lipinski definition) is 5. The van der Waals surface area contributed by atoms with Gasteiger partial charge in [0.25, 0.3) is 5.91 Å². The molecule has 3 atom stereocenters. The van der Waals surface area contributed by atoms with Crippen LogP contribution in [0.3, 0.4) is 0 Å². The molecule has 8 nitrogen and oxygen atoms in total. The second-order valence-electron chi connectivity index (χ2n) is 9.72. The number of rotatable bonds is 13. The molecule has 1 aromatic heterocycles. The Morgan fingerprint density at radius 3 is 2.51 bits per heavy atom. The zero-order valence-electron chi connectivity index (χ0n) is 21.7. The third kappa shape index (κ3) is 7.09. The molecule has 4 N–H and O–H groups in total. The van der Waals surface area contributed by atoms with Crippen molar-refractivity contribution in [2.24, 2.45) is 5.92 Å². The van der Waals surface area contributed by atoms with Crippen molar-refractivity contribution in [2.45, 2.75) is 31.7 Å². The number of allylic oxidation sites excluding steroid dienone is 1. The van der Waals surface area contributed by atoms with Crippen molar-refractivity contribution in [2.75, 3.05) is 13.1 Å². The number of amides is 2. The Kier molecular flexibility index (Phi) is 9.10. The van der Waals surface area contributed by atoms with Gasteiger partial charge in [-0.25, -0.2) is 0 Å². The van der Waals surface area contributed by atoms with Crippen molar-refractivity contribution in [3.63, 3.8) is 0 Å². The molecule has 0 saturated carbocycles. The first-order valence-corrected chi connectivity index (χ1v) is 13.5. The van der Waals surface area contributed by atoms with Crippen molar-refractivity contribution in [1.29, 1.82) is 0 Å². The Hall–Kier alpha value is -4.03. The molecule has 0 radical (unpaired) electrons. The van der Waals surface area contributed by atoms with Crippen LogP contribution in [0.2, 0.25) is 0 Å². The van der Waals surface area contributed by atoms with E-state index >= 15 is 0 Å². The van der Waals surface area contributed by atoms with Gasteiger partial charge in [0.1, 0.15) is 5.69 Å². The second kappa shape index (κ2) is 12.7.